The van der Waals surface area contributed by atoms with Crippen LogP contribution in [0.5, 0.6) is 5.75 Å². The lowest BCUT2D eigenvalue weighted by atomic mass is 9.95. The predicted molar refractivity (Wildman–Crippen MR) is 120 cm³/mol. The fourth-order valence-corrected chi connectivity index (χ4v) is 3.85. The molecule has 1 unspecified atom stereocenters. The van der Waals surface area contributed by atoms with E-state index in [1.807, 2.05) is 0 Å². The van der Waals surface area contributed by atoms with Crippen LogP contribution in [-0.4, -0.2) is 47.9 Å². The van der Waals surface area contributed by atoms with Gasteiger partial charge in [0.25, 0.3) is 11.7 Å². The van der Waals surface area contributed by atoms with Gasteiger partial charge in [-0.15, -0.1) is 0 Å². The monoisotopic (exact) mass is 477 g/mol. The zero-order valence-electron chi connectivity index (χ0n) is 17.4. The van der Waals surface area contributed by atoms with Crippen molar-refractivity contribution in [2.75, 3.05) is 20.3 Å². The normalized spacial score (nSPS) is 17.6. The van der Waals surface area contributed by atoms with Gasteiger partial charge in [0.1, 0.15) is 11.5 Å². The van der Waals surface area contributed by atoms with Gasteiger partial charge in [0.2, 0.25) is 0 Å². The Morgan fingerprint density at radius 2 is 1.88 bits per heavy atom. The van der Waals surface area contributed by atoms with Gasteiger partial charge in [-0.1, -0.05) is 35.3 Å². The van der Waals surface area contributed by atoms with Crippen LogP contribution in [0.1, 0.15) is 30.5 Å². The number of esters is 1. The number of ketones is 1. The zero-order valence-corrected chi connectivity index (χ0v) is 18.9. The smallest absolute Gasteiger partial charge is 0.308 e. The Balaban J connectivity index is 2.15. The number of ether oxygens (including phenoxy) is 2. The average Bonchev–Trinajstić information content (AvgIpc) is 3.00. The fourth-order valence-electron chi connectivity index (χ4n) is 3.55. The summed E-state index contributed by atoms with van der Waals surface area (Å²) in [5.74, 6) is -2.20. The second-order valence-corrected chi connectivity index (χ2v) is 7.95. The van der Waals surface area contributed by atoms with E-state index in [0.717, 1.165) is 0 Å². The highest BCUT2D eigenvalue weighted by Gasteiger charge is 2.45. The fraction of sp³-hybridized carbons (Fsp3) is 0.261. The Labute approximate surface area is 195 Å². The highest BCUT2D eigenvalue weighted by Crippen LogP contribution is 2.41. The van der Waals surface area contributed by atoms with Crippen LogP contribution < -0.4 is 4.74 Å². The van der Waals surface area contributed by atoms with E-state index in [1.165, 1.54) is 30.0 Å². The summed E-state index contributed by atoms with van der Waals surface area (Å²) in [6.07, 6.45) is 0.483. The Kier molecular flexibility index (Phi) is 7.56. The third kappa shape index (κ3) is 4.96. The van der Waals surface area contributed by atoms with Gasteiger partial charge in [-0.25, -0.2) is 0 Å². The summed E-state index contributed by atoms with van der Waals surface area (Å²) in [7, 11) is 1.54. The van der Waals surface area contributed by atoms with Gasteiger partial charge >= 0.3 is 5.97 Å². The van der Waals surface area contributed by atoms with Gasteiger partial charge in [0.05, 0.1) is 21.7 Å². The summed E-state index contributed by atoms with van der Waals surface area (Å²) in [6.45, 7) is 1.88. The lowest BCUT2D eigenvalue weighted by Crippen LogP contribution is -2.31. The molecule has 1 fully saturated rings. The number of likely N-dealkylation sites (tertiary alicyclic amines) is 1. The summed E-state index contributed by atoms with van der Waals surface area (Å²) < 4.78 is 10.2. The second-order valence-electron chi connectivity index (χ2n) is 7.13. The van der Waals surface area contributed by atoms with Crippen molar-refractivity contribution in [3.8, 4) is 5.75 Å². The Bertz CT molecular complexity index is 1100. The summed E-state index contributed by atoms with van der Waals surface area (Å²) >= 11 is 12.0. The van der Waals surface area contributed by atoms with Crippen molar-refractivity contribution in [2.45, 2.75) is 19.4 Å². The Morgan fingerprint density at radius 3 is 2.53 bits per heavy atom. The molecule has 1 N–H and O–H groups in total. The largest absolute Gasteiger partial charge is 0.507 e. The first-order chi connectivity index (χ1) is 15.2. The van der Waals surface area contributed by atoms with Crippen LogP contribution in [0.25, 0.3) is 5.76 Å². The van der Waals surface area contributed by atoms with E-state index in [4.69, 9.17) is 32.7 Å². The van der Waals surface area contributed by atoms with E-state index in [-0.39, 0.29) is 39.2 Å². The molecule has 0 aromatic heterocycles. The van der Waals surface area contributed by atoms with Gasteiger partial charge < -0.3 is 19.5 Å². The molecule has 0 radical (unpaired) electrons. The minimum atomic E-state index is -0.892. The molecule has 0 saturated carbocycles. The molecule has 32 heavy (non-hydrogen) atoms. The molecular weight excluding hydrogens is 457 g/mol. The maximum atomic E-state index is 13.0. The molecule has 0 spiro atoms. The molecule has 168 valence electrons. The number of hydrogen-bond donors (Lipinski definition) is 1. The van der Waals surface area contributed by atoms with Crippen LogP contribution in [-0.2, 0) is 19.1 Å². The third-order valence-corrected chi connectivity index (χ3v) is 5.65. The van der Waals surface area contributed by atoms with Crippen molar-refractivity contribution in [3.63, 3.8) is 0 Å². The number of carbonyl (C=O) groups is 3. The Hall–Kier alpha value is -2.87. The molecule has 1 amide bonds. The molecular formula is C23H21Cl2NO6. The lowest BCUT2D eigenvalue weighted by molar-refractivity contribution is -0.140. The summed E-state index contributed by atoms with van der Waals surface area (Å²) in [5.41, 5.74) is 0.656. The molecule has 7 nitrogen and oxygen atoms in total. The van der Waals surface area contributed by atoms with Crippen molar-refractivity contribution >= 4 is 46.6 Å². The van der Waals surface area contributed by atoms with Gasteiger partial charge in [-0.05, 0) is 42.3 Å². The van der Waals surface area contributed by atoms with Gasteiger partial charge in [0.15, 0.2) is 0 Å². The number of benzene rings is 2. The van der Waals surface area contributed by atoms with Crippen LogP contribution in [0.15, 0.2) is 48.0 Å². The highest BCUT2D eigenvalue weighted by molar-refractivity contribution is 6.46. The second kappa shape index (κ2) is 10.2. The number of rotatable bonds is 7. The van der Waals surface area contributed by atoms with Crippen molar-refractivity contribution in [3.05, 3.63) is 69.2 Å². The lowest BCUT2D eigenvalue weighted by Gasteiger charge is -2.25. The molecule has 0 aliphatic carbocycles. The molecule has 1 saturated heterocycles. The summed E-state index contributed by atoms with van der Waals surface area (Å²) in [6, 6.07) is 10.0. The number of hydrogen-bond acceptors (Lipinski definition) is 6. The topological polar surface area (TPSA) is 93.1 Å². The number of nitrogens with zero attached hydrogens (tertiary/aromatic N) is 1. The van der Waals surface area contributed by atoms with Crippen molar-refractivity contribution in [2.24, 2.45) is 0 Å². The number of amides is 1. The summed E-state index contributed by atoms with van der Waals surface area (Å²) in [4.78, 5) is 38.6. The van der Waals surface area contributed by atoms with E-state index in [0.29, 0.717) is 18.6 Å². The minimum absolute atomic E-state index is 0.0919. The van der Waals surface area contributed by atoms with Crippen LogP contribution in [0.3, 0.4) is 0 Å². The first kappa shape index (κ1) is 23.8. The number of Topliss-reactive ketones (excluding diaryl/α,β-unsaturated/α-hetero) is 1. The van der Waals surface area contributed by atoms with E-state index < -0.39 is 23.7 Å². The average molecular weight is 478 g/mol. The van der Waals surface area contributed by atoms with E-state index in [9.17, 15) is 19.5 Å². The van der Waals surface area contributed by atoms with Gasteiger partial charge in [-0.3, -0.25) is 14.4 Å². The molecule has 0 bridgehead atoms. The SMILES string of the molecule is COCCCN1C(=O)C(=O)/C(=C(\O)c2ccc(Cl)c(Cl)c2)C1c1cccc(OC(C)=O)c1. The maximum Gasteiger partial charge on any atom is 0.308 e. The summed E-state index contributed by atoms with van der Waals surface area (Å²) in [5, 5.41) is 11.5. The molecule has 1 aliphatic rings. The predicted octanol–water partition coefficient (Wildman–Crippen LogP) is 4.38. The van der Waals surface area contributed by atoms with Crippen molar-refractivity contribution < 1.29 is 29.0 Å². The quantitative estimate of drug-likeness (QED) is 0.159. The van der Waals surface area contributed by atoms with Crippen LogP contribution >= 0.6 is 23.2 Å². The number of aliphatic hydroxyl groups is 1. The van der Waals surface area contributed by atoms with Gasteiger partial charge in [0, 0.05) is 32.7 Å². The van der Waals surface area contributed by atoms with Crippen LogP contribution in [0, 0.1) is 0 Å². The number of methoxy groups -OCH3 is 1. The molecule has 2 aromatic rings. The Morgan fingerprint density at radius 1 is 1.12 bits per heavy atom. The van der Waals surface area contributed by atoms with Crippen LogP contribution in [0.2, 0.25) is 10.0 Å². The molecule has 9 heteroatoms. The maximum absolute atomic E-state index is 13.0. The van der Waals surface area contributed by atoms with Gasteiger partial charge in [-0.2, -0.15) is 0 Å². The highest BCUT2D eigenvalue weighted by atomic mass is 35.5. The van der Waals surface area contributed by atoms with Crippen molar-refractivity contribution in [1.29, 1.82) is 0 Å². The van der Waals surface area contributed by atoms with Crippen molar-refractivity contribution in [1.82, 2.24) is 4.90 Å². The zero-order chi connectivity index (χ0) is 23.4. The van der Waals surface area contributed by atoms with E-state index >= 15 is 0 Å². The first-order valence-electron chi connectivity index (χ1n) is 9.75. The molecule has 1 atom stereocenters. The molecule has 2 aromatic carbocycles. The number of aliphatic hydroxyl groups excluding tert-OH is 1. The standard InChI is InChI=1S/C23H21Cl2NO6/c1-13(27)32-16-6-3-5-14(11-16)20-19(21(28)15-7-8-17(24)18(25)12-15)22(29)23(30)26(20)9-4-10-31-2/h3,5-8,11-12,20,28H,4,9-10H2,1-2H3/b21-19-. The third-order valence-electron chi connectivity index (χ3n) is 4.92. The first-order valence-corrected chi connectivity index (χ1v) is 10.5. The van der Waals surface area contributed by atoms with E-state index in [2.05, 4.69) is 0 Å². The van der Waals surface area contributed by atoms with Crippen LogP contribution in [0.4, 0.5) is 0 Å². The molecule has 3 rings (SSSR count). The molecule has 1 aliphatic heterocycles. The minimum Gasteiger partial charge on any atom is -0.507 e. The van der Waals surface area contributed by atoms with E-state index in [1.54, 1.807) is 31.4 Å². The number of halogens is 2. The number of carbonyl (C=O) groups excluding carboxylic acids is 3. The molecule has 1 heterocycles.